The maximum Gasteiger partial charge on any atom is 0.392 e. The van der Waals surface area contributed by atoms with E-state index in [-0.39, 0.29) is 30.0 Å². The van der Waals surface area contributed by atoms with Gasteiger partial charge in [0.25, 0.3) is 0 Å². The lowest BCUT2D eigenvalue weighted by Gasteiger charge is -2.58. The molecule has 2 atom stereocenters. The molecule has 0 amide bonds. The van der Waals surface area contributed by atoms with Gasteiger partial charge in [-0.05, 0) is 55.3 Å². The Labute approximate surface area is 122 Å². The molecule has 5 nitrogen and oxygen atoms in total. The summed E-state index contributed by atoms with van der Waals surface area (Å²) in [4.78, 5) is 0. The predicted octanol–water partition coefficient (Wildman–Crippen LogP) is 1.67. The topological polar surface area (TPSA) is 83.8 Å². The lowest BCUT2D eigenvalue weighted by atomic mass is 9.49. The zero-order valence-electron chi connectivity index (χ0n) is 11.5. The first-order valence-corrected chi connectivity index (χ1v) is 8.67. The molecule has 0 aromatic heterocycles. The molecule has 4 saturated carbocycles. The van der Waals surface area contributed by atoms with Crippen LogP contribution >= 0.6 is 0 Å². The monoisotopic (exact) mass is 326 g/mol. The summed E-state index contributed by atoms with van der Waals surface area (Å²) in [7, 11) is -5.44. The van der Waals surface area contributed by atoms with Crippen molar-refractivity contribution in [2.45, 2.75) is 43.5 Å². The van der Waals surface area contributed by atoms with Crippen LogP contribution in [0.3, 0.4) is 0 Å². The van der Waals surface area contributed by atoms with E-state index in [1.807, 2.05) is 0 Å². The molecule has 4 fully saturated rings. The van der Waals surface area contributed by atoms with Gasteiger partial charge in [-0.1, -0.05) is 0 Å². The van der Waals surface area contributed by atoms with Crippen molar-refractivity contribution in [3.8, 4) is 0 Å². The van der Waals surface area contributed by atoms with Crippen LogP contribution in [0.2, 0.25) is 0 Å². The van der Waals surface area contributed by atoms with Crippen LogP contribution < -0.4 is 0 Å². The number of ether oxygens (including phenoxy) is 1. The maximum absolute atomic E-state index is 13.1. The van der Waals surface area contributed by atoms with Crippen molar-refractivity contribution >= 4 is 10.1 Å². The van der Waals surface area contributed by atoms with Crippen LogP contribution in [0.15, 0.2) is 0 Å². The van der Waals surface area contributed by atoms with Gasteiger partial charge in [0, 0.05) is 0 Å². The van der Waals surface area contributed by atoms with E-state index in [1.54, 1.807) is 0 Å². The molecule has 0 heterocycles. The lowest BCUT2D eigenvalue weighted by molar-refractivity contribution is -0.162. The molecular weight excluding hydrogens is 306 g/mol. The number of alkyl halides is 2. The molecule has 2 unspecified atom stereocenters. The molecular formula is C13H20F2O5S. The number of halogens is 2. The minimum Gasteiger partial charge on any atom is -0.393 e. The largest absolute Gasteiger partial charge is 0.393 e. The van der Waals surface area contributed by atoms with Crippen LogP contribution in [0.4, 0.5) is 8.78 Å². The van der Waals surface area contributed by atoms with Crippen molar-refractivity contribution in [3.63, 3.8) is 0 Å². The first kappa shape index (κ1) is 15.6. The lowest BCUT2D eigenvalue weighted by Crippen LogP contribution is -2.55. The Morgan fingerprint density at radius 3 is 2.29 bits per heavy atom. The van der Waals surface area contributed by atoms with Gasteiger partial charge in [0.15, 0.2) is 0 Å². The van der Waals surface area contributed by atoms with Gasteiger partial charge >= 0.3 is 15.4 Å². The number of hydrogen-bond acceptors (Lipinski definition) is 4. The minimum atomic E-state index is -5.44. The highest BCUT2D eigenvalue weighted by molar-refractivity contribution is 7.86. The van der Waals surface area contributed by atoms with Gasteiger partial charge in [0.05, 0.1) is 12.7 Å². The van der Waals surface area contributed by atoms with Gasteiger partial charge in [-0.15, -0.1) is 0 Å². The summed E-state index contributed by atoms with van der Waals surface area (Å²) in [5.41, 5.74) is -0.217. The molecule has 2 N–H and O–H groups in total. The average Bonchev–Trinajstić information content (AvgIpc) is 2.33. The van der Waals surface area contributed by atoms with E-state index in [0.717, 1.165) is 32.1 Å². The summed E-state index contributed by atoms with van der Waals surface area (Å²) in [5, 5.41) is 5.86. The van der Waals surface area contributed by atoms with Crippen molar-refractivity contribution in [3.05, 3.63) is 0 Å². The van der Waals surface area contributed by atoms with Gasteiger partial charge in [0.1, 0.15) is 6.61 Å². The second kappa shape index (κ2) is 4.84. The minimum absolute atomic E-state index is 0.0638. The molecule has 0 aromatic rings. The summed E-state index contributed by atoms with van der Waals surface area (Å²) >= 11 is 0. The van der Waals surface area contributed by atoms with Crippen LogP contribution in [0.5, 0.6) is 0 Å². The molecule has 21 heavy (non-hydrogen) atoms. The summed E-state index contributed by atoms with van der Waals surface area (Å²) < 4.78 is 60.8. The Bertz CT molecular complexity index is 505. The third-order valence-electron chi connectivity index (χ3n) is 5.41. The Hall–Kier alpha value is -0.310. The number of hydrogen-bond donors (Lipinski definition) is 2. The van der Waals surface area contributed by atoms with Gasteiger partial charge in [-0.25, -0.2) is 0 Å². The third kappa shape index (κ3) is 2.71. The van der Waals surface area contributed by atoms with Crippen molar-refractivity contribution < 1.29 is 31.6 Å². The van der Waals surface area contributed by atoms with Gasteiger partial charge in [0.2, 0.25) is 0 Å². The predicted molar refractivity (Wildman–Crippen MR) is 69.3 cm³/mol. The first-order chi connectivity index (χ1) is 9.62. The summed E-state index contributed by atoms with van der Waals surface area (Å²) in [6.45, 7) is -1.26. The zero-order valence-corrected chi connectivity index (χ0v) is 12.4. The van der Waals surface area contributed by atoms with E-state index >= 15 is 0 Å². The highest BCUT2D eigenvalue weighted by atomic mass is 32.2. The summed E-state index contributed by atoms with van der Waals surface area (Å²) in [6, 6.07) is 0. The summed E-state index contributed by atoms with van der Waals surface area (Å²) in [5.74, 6) is 0.931. The Balaban J connectivity index is 1.62. The third-order valence-corrected chi connectivity index (χ3v) is 6.28. The van der Waals surface area contributed by atoms with Crippen molar-refractivity contribution in [1.82, 2.24) is 0 Å². The standard InChI is InChI=1S/C13H20F2O5S/c14-13(15,21(17,18)19)7-20-6-12-3-8-1-9(4-12)11(16)10(2-8)5-12/h8-11,16H,1-7H2,(H,17,18,19). The maximum atomic E-state index is 13.1. The molecule has 4 aliphatic carbocycles. The van der Waals surface area contributed by atoms with Crippen molar-refractivity contribution in [1.29, 1.82) is 0 Å². The Morgan fingerprint density at radius 1 is 1.19 bits per heavy atom. The van der Waals surface area contributed by atoms with Crippen LogP contribution in [-0.4, -0.2) is 42.6 Å². The average molecular weight is 326 g/mol. The Kier molecular flexibility index (Phi) is 3.59. The van der Waals surface area contributed by atoms with Crippen molar-refractivity contribution in [2.75, 3.05) is 13.2 Å². The molecule has 8 heteroatoms. The Morgan fingerprint density at radius 2 is 1.76 bits per heavy atom. The number of aliphatic hydroxyl groups excluding tert-OH is 1. The molecule has 122 valence electrons. The fourth-order valence-electron chi connectivity index (χ4n) is 4.80. The highest BCUT2D eigenvalue weighted by Crippen LogP contribution is 2.60. The first-order valence-electron chi connectivity index (χ1n) is 7.23. The summed E-state index contributed by atoms with van der Waals surface area (Å²) in [6.07, 6.45) is 4.07. The molecule has 0 aromatic carbocycles. The van der Waals surface area contributed by atoms with Crippen molar-refractivity contribution in [2.24, 2.45) is 23.2 Å². The van der Waals surface area contributed by atoms with E-state index in [4.69, 9.17) is 9.29 Å². The molecule has 4 aliphatic rings. The second-order valence-electron chi connectivity index (χ2n) is 7.07. The van der Waals surface area contributed by atoms with Crippen LogP contribution in [0.1, 0.15) is 32.1 Å². The fourth-order valence-corrected chi connectivity index (χ4v) is 5.04. The van der Waals surface area contributed by atoms with Gasteiger partial charge in [-0.3, -0.25) is 4.55 Å². The van der Waals surface area contributed by atoms with E-state index in [9.17, 15) is 22.3 Å². The zero-order chi connectivity index (χ0) is 15.5. The van der Waals surface area contributed by atoms with E-state index < -0.39 is 22.0 Å². The highest BCUT2D eigenvalue weighted by Gasteiger charge is 2.55. The van der Waals surface area contributed by atoms with Gasteiger partial charge < -0.3 is 9.84 Å². The molecule has 0 spiro atoms. The van der Waals surface area contributed by atoms with Crippen LogP contribution in [0.25, 0.3) is 0 Å². The molecule has 0 aliphatic heterocycles. The van der Waals surface area contributed by atoms with Crippen LogP contribution in [-0.2, 0) is 14.9 Å². The molecule has 4 bridgehead atoms. The second-order valence-corrected chi connectivity index (χ2v) is 8.61. The van der Waals surface area contributed by atoms with E-state index in [1.165, 1.54) is 0 Å². The smallest absolute Gasteiger partial charge is 0.392 e. The van der Waals surface area contributed by atoms with Crippen LogP contribution in [0, 0.1) is 23.2 Å². The number of aliphatic hydroxyl groups is 1. The normalized spacial score (nSPS) is 42.5. The number of rotatable bonds is 5. The quantitative estimate of drug-likeness (QED) is 0.751. The van der Waals surface area contributed by atoms with E-state index in [2.05, 4.69) is 0 Å². The van der Waals surface area contributed by atoms with Gasteiger partial charge in [-0.2, -0.15) is 17.2 Å². The molecule has 0 radical (unpaired) electrons. The van der Waals surface area contributed by atoms with E-state index in [0.29, 0.717) is 5.92 Å². The fraction of sp³-hybridized carbons (Fsp3) is 1.00. The molecule has 0 saturated heterocycles. The SMILES string of the molecule is O=S(=O)(O)C(F)(F)COCC12CC3CC(C1)C(O)C(C3)C2. The molecule has 4 rings (SSSR count).